The number of para-hydroxylation sites is 1. The fourth-order valence-electron chi connectivity index (χ4n) is 3.91. The average molecular weight is 496 g/mol. The lowest BCUT2D eigenvalue weighted by Crippen LogP contribution is -2.15. The van der Waals surface area contributed by atoms with E-state index in [0.717, 1.165) is 12.8 Å². The summed E-state index contributed by atoms with van der Waals surface area (Å²) in [4.78, 5) is 29.1. The highest BCUT2D eigenvalue weighted by Crippen LogP contribution is 2.40. The van der Waals surface area contributed by atoms with E-state index >= 15 is 0 Å². The van der Waals surface area contributed by atoms with Gasteiger partial charge in [0.25, 0.3) is 0 Å². The zero-order valence-corrected chi connectivity index (χ0v) is 21.5. The number of benzene rings is 1. The van der Waals surface area contributed by atoms with Crippen molar-refractivity contribution in [2.75, 3.05) is 31.1 Å². The second-order valence-electron chi connectivity index (χ2n) is 9.03. The van der Waals surface area contributed by atoms with Crippen LogP contribution in [0.25, 0.3) is 11.3 Å². The highest BCUT2D eigenvalue weighted by atomic mass is 31.2. The normalized spacial score (nSPS) is 13.4. The molecule has 1 saturated carbocycles. The highest BCUT2D eigenvalue weighted by Gasteiger charge is 2.30. The molecule has 10 heteroatoms. The van der Waals surface area contributed by atoms with Gasteiger partial charge in [0, 0.05) is 37.2 Å². The number of carbonyl (C=O) groups is 2. The number of nitrogens with zero attached hydrogens (tertiary/aromatic N) is 3. The van der Waals surface area contributed by atoms with Crippen LogP contribution in [0.4, 0.5) is 17.2 Å². The van der Waals surface area contributed by atoms with Gasteiger partial charge in [0.2, 0.25) is 5.91 Å². The zero-order valence-electron chi connectivity index (χ0n) is 20.6. The summed E-state index contributed by atoms with van der Waals surface area (Å²) in [5.74, 6) is 0.795. The maximum absolute atomic E-state index is 12.7. The molecular weight excluding hydrogens is 465 g/mol. The smallest absolute Gasteiger partial charge is 0.228 e. The number of Topliss-reactive ketones (excluding diaryl/α,β-unsaturated/α-hetero) is 1. The minimum Gasteiger partial charge on any atom is -0.494 e. The molecule has 35 heavy (non-hydrogen) atoms. The van der Waals surface area contributed by atoms with Gasteiger partial charge in [-0.2, -0.15) is 5.10 Å². The van der Waals surface area contributed by atoms with E-state index in [2.05, 4.69) is 20.7 Å². The lowest BCUT2D eigenvalue weighted by Gasteiger charge is -2.17. The Morgan fingerprint density at radius 1 is 1.20 bits per heavy atom. The minimum atomic E-state index is -2.52. The summed E-state index contributed by atoms with van der Waals surface area (Å²) in [6.45, 7) is 5.20. The van der Waals surface area contributed by atoms with Crippen LogP contribution in [0.3, 0.4) is 0 Å². The molecule has 1 amide bonds. The topological polar surface area (TPSA) is 115 Å². The quantitative estimate of drug-likeness (QED) is 0.333. The van der Waals surface area contributed by atoms with E-state index in [1.54, 1.807) is 45.2 Å². The number of aryl methyl sites for hydroxylation is 1. The van der Waals surface area contributed by atoms with Crippen molar-refractivity contribution >= 4 is 41.5 Å². The predicted molar refractivity (Wildman–Crippen MR) is 138 cm³/mol. The number of carbonyl (C=O) groups excluding carboxylic acids is 2. The SMILES string of the molecule is CCC(=O)c1cnc(NC(=O)C2CC2)cc1Nc1cccc(-c2cc(P(C)(C)=O)n(C)n2)c1OC. The fraction of sp³-hybridized carbons (Fsp3) is 0.360. The summed E-state index contributed by atoms with van der Waals surface area (Å²) in [6.07, 6.45) is 3.56. The van der Waals surface area contributed by atoms with Gasteiger partial charge in [-0.3, -0.25) is 14.3 Å². The van der Waals surface area contributed by atoms with Crippen molar-refractivity contribution in [3.63, 3.8) is 0 Å². The molecule has 2 heterocycles. The fourth-order valence-corrected chi connectivity index (χ4v) is 5.08. The Hall–Kier alpha value is -3.45. The molecule has 0 saturated heterocycles. The van der Waals surface area contributed by atoms with E-state index in [9.17, 15) is 14.2 Å². The van der Waals surface area contributed by atoms with Gasteiger partial charge in [-0.25, -0.2) is 4.98 Å². The summed E-state index contributed by atoms with van der Waals surface area (Å²) < 4.78 is 20.0. The van der Waals surface area contributed by atoms with Crippen LogP contribution in [0, 0.1) is 5.92 Å². The first kappa shape index (κ1) is 24.7. The van der Waals surface area contributed by atoms with Gasteiger partial charge < -0.3 is 19.9 Å². The standard InChI is InChI=1S/C25H30N5O4P/c1-6-21(31)17-14-26-22(28-25(32)15-10-11-15)12-19(17)27-18-9-7-8-16(24(18)34-3)20-13-23(30(2)29-20)35(4,5)33/h7-9,12-15H,6,10-11H2,1-5H3,(H2,26,27,28,32). The van der Waals surface area contributed by atoms with Crippen molar-refractivity contribution in [2.45, 2.75) is 26.2 Å². The Labute approximate surface area is 204 Å². The zero-order chi connectivity index (χ0) is 25.3. The predicted octanol–water partition coefficient (Wildman–Crippen LogP) is 4.42. The Morgan fingerprint density at radius 2 is 1.94 bits per heavy atom. The minimum absolute atomic E-state index is 0.0340. The van der Waals surface area contributed by atoms with Crippen LogP contribution in [0.5, 0.6) is 5.75 Å². The van der Waals surface area contributed by atoms with E-state index in [-0.39, 0.29) is 17.6 Å². The van der Waals surface area contributed by atoms with Crippen LogP contribution in [-0.4, -0.2) is 46.9 Å². The number of methoxy groups -OCH3 is 1. The first-order chi connectivity index (χ1) is 16.6. The van der Waals surface area contributed by atoms with Crippen LogP contribution in [0.1, 0.15) is 36.5 Å². The summed E-state index contributed by atoms with van der Waals surface area (Å²) in [5, 5.41) is 10.7. The molecule has 9 nitrogen and oxygen atoms in total. The molecule has 0 bridgehead atoms. The lowest BCUT2D eigenvalue weighted by molar-refractivity contribution is -0.117. The van der Waals surface area contributed by atoms with E-state index < -0.39 is 7.14 Å². The first-order valence-electron chi connectivity index (χ1n) is 11.5. The van der Waals surface area contributed by atoms with Crippen molar-refractivity contribution in [3.8, 4) is 17.0 Å². The molecule has 0 radical (unpaired) electrons. The van der Waals surface area contributed by atoms with Crippen LogP contribution in [0.2, 0.25) is 0 Å². The maximum atomic E-state index is 12.7. The number of anilines is 3. The van der Waals surface area contributed by atoms with Crippen molar-refractivity contribution < 1.29 is 18.9 Å². The van der Waals surface area contributed by atoms with Crippen LogP contribution in [-0.2, 0) is 16.4 Å². The molecule has 0 atom stereocenters. The Balaban J connectivity index is 1.74. The molecule has 2 aromatic heterocycles. The van der Waals surface area contributed by atoms with Gasteiger partial charge in [0.05, 0.1) is 35.2 Å². The summed E-state index contributed by atoms with van der Waals surface area (Å²) in [7, 11) is 0.806. The number of hydrogen-bond donors (Lipinski definition) is 2. The second kappa shape index (κ2) is 9.66. The Morgan fingerprint density at radius 3 is 2.54 bits per heavy atom. The van der Waals surface area contributed by atoms with Gasteiger partial charge in [0.15, 0.2) is 11.5 Å². The Bertz CT molecular complexity index is 1340. The molecule has 0 spiro atoms. The highest BCUT2D eigenvalue weighted by molar-refractivity contribution is 7.69. The monoisotopic (exact) mass is 495 g/mol. The van der Waals surface area contributed by atoms with E-state index in [4.69, 9.17) is 4.74 Å². The third kappa shape index (κ3) is 5.30. The number of ketones is 1. The number of pyridine rings is 1. The van der Waals surface area contributed by atoms with E-state index in [1.807, 2.05) is 24.3 Å². The van der Waals surface area contributed by atoms with Crippen LogP contribution < -0.4 is 20.8 Å². The lowest BCUT2D eigenvalue weighted by atomic mass is 10.1. The maximum Gasteiger partial charge on any atom is 0.228 e. The second-order valence-corrected chi connectivity index (χ2v) is 12.2. The van der Waals surface area contributed by atoms with Gasteiger partial charge >= 0.3 is 0 Å². The number of amides is 1. The average Bonchev–Trinajstić information content (AvgIpc) is 3.59. The molecule has 0 unspecified atom stereocenters. The van der Waals surface area contributed by atoms with Gasteiger partial charge in [-0.1, -0.05) is 13.0 Å². The Kier molecular flexibility index (Phi) is 6.81. The molecule has 2 N–H and O–H groups in total. The molecule has 4 rings (SSSR count). The van der Waals surface area contributed by atoms with Gasteiger partial charge in [-0.05, 0) is 44.4 Å². The molecule has 1 aliphatic rings. The summed E-state index contributed by atoms with van der Waals surface area (Å²) in [5.41, 5.74) is 3.55. The molecule has 0 aliphatic heterocycles. The summed E-state index contributed by atoms with van der Waals surface area (Å²) >= 11 is 0. The molecule has 1 fully saturated rings. The number of ether oxygens (including phenoxy) is 1. The molecule has 1 aromatic carbocycles. The van der Waals surface area contributed by atoms with E-state index in [0.29, 0.717) is 51.6 Å². The molecular formula is C25H30N5O4P. The number of rotatable bonds is 9. The van der Waals surface area contributed by atoms with Crippen molar-refractivity contribution in [2.24, 2.45) is 13.0 Å². The van der Waals surface area contributed by atoms with E-state index in [1.165, 1.54) is 6.20 Å². The molecule has 1 aliphatic carbocycles. The largest absolute Gasteiger partial charge is 0.494 e. The number of hydrogen-bond acceptors (Lipinski definition) is 7. The van der Waals surface area contributed by atoms with Gasteiger partial charge in [0.1, 0.15) is 13.0 Å². The third-order valence-corrected chi connectivity index (χ3v) is 7.42. The summed E-state index contributed by atoms with van der Waals surface area (Å²) in [6, 6.07) is 9.04. The van der Waals surface area contributed by atoms with Crippen molar-refractivity contribution in [1.82, 2.24) is 14.8 Å². The van der Waals surface area contributed by atoms with Crippen LogP contribution in [0.15, 0.2) is 36.5 Å². The number of nitrogens with one attached hydrogen (secondary N) is 2. The first-order valence-corrected chi connectivity index (χ1v) is 14.1. The van der Waals surface area contributed by atoms with Crippen molar-refractivity contribution in [1.29, 1.82) is 0 Å². The molecule has 184 valence electrons. The molecule has 3 aromatic rings. The third-order valence-electron chi connectivity index (χ3n) is 5.90. The van der Waals surface area contributed by atoms with Crippen molar-refractivity contribution in [3.05, 3.63) is 42.1 Å². The van der Waals surface area contributed by atoms with Crippen LogP contribution >= 0.6 is 7.14 Å². The van der Waals surface area contributed by atoms with Gasteiger partial charge in [-0.15, -0.1) is 0 Å². The number of aromatic nitrogens is 3.